The lowest BCUT2D eigenvalue weighted by atomic mass is 10.2. The monoisotopic (exact) mass is 297 g/mol. The summed E-state index contributed by atoms with van der Waals surface area (Å²) in [5, 5.41) is 7.36. The van der Waals surface area contributed by atoms with Crippen molar-refractivity contribution in [2.24, 2.45) is 5.73 Å². The third kappa shape index (κ3) is 4.31. The molecule has 1 atom stereocenters. The molecule has 1 aromatic carbocycles. The first-order valence-electron chi connectivity index (χ1n) is 6.65. The van der Waals surface area contributed by atoms with Crippen LogP contribution >= 0.6 is 0 Å². The Bertz CT molecular complexity index is 570. The molecule has 1 rings (SSSR count). The Labute approximate surface area is 121 Å². The molecule has 0 fully saturated rings. The third-order valence-corrected chi connectivity index (χ3v) is 5.25. The molecule has 0 saturated heterocycles. The first-order valence-corrected chi connectivity index (χ1v) is 8.30. The van der Waals surface area contributed by atoms with Gasteiger partial charge in [-0.15, -0.1) is 0 Å². The molecule has 3 N–H and O–H groups in total. The molecule has 5 nitrogen and oxygen atoms in total. The minimum Gasteiger partial charge on any atom is -0.384 e. The Kier molecular flexibility index (Phi) is 5.71. The molecule has 0 amide bonds. The zero-order valence-electron chi connectivity index (χ0n) is 12.3. The topological polar surface area (TPSA) is 87.2 Å². The van der Waals surface area contributed by atoms with Crippen LogP contribution in [0.3, 0.4) is 0 Å². The van der Waals surface area contributed by atoms with Gasteiger partial charge in [0.05, 0.1) is 10.6 Å². The van der Waals surface area contributed by atoms with Crippen LogP contribution in [0.2, 0.25) is 0 Å². The summed E-state index contributed by atoms with van der Waals surface area (Å²) < 4.78 is 24.6. The van der Waals surface area contributed by atoms with Gasteiger partial charge in [-0.05, 0) is 32.5 Å². The van der Waals surface area contributed by atoms with Crippen LogP contribution < -0.4 is 5.73 Å². The second-order valence-corrected chi connectivity index (χ2v) is 7.11. The number of hydrogen-bond donors (Lipinski definition) is 2. The van der Waals surface area contributed by atoms with Gasteiger partial charge in [-0.3, -0.25) is 5.41 Å². The van der Waals surface area contributed by atoms with E-state index in [0.717, 1.165) is 6.42 Å². The summed E-state index contributed by atoms with van der Waals surface area (Å²) in [6, 6.07) is 6.61. The zero-order chi connectivity index (χ0) is 15.3. The normalized spacial score (nSPS) is 13.4. The van der Waals surface area contributed by atoms with E-state index >= 15 is 0 Å². The van der Waals surface area contributed by atoms with Crippen LogP contribution in [0.15, 0.2) is 29.2 Å². The van der Waals surface area contributed by atoms with Gasteiger partial charge in [0.1, 0.15) is 5.84 Å². The van der Waals surface area contributed by atoms with Gasteiger partial charge in [0.2, 0.25) is 0 Å². The molecule has 0 aromatic heterocycles. The molecule has 1 aromatic rings. The Hall–Kier alpha value is -1.40. The number of nitrogens with two attached hydrogens (primary N) is 1. The smallest absolute Gasteiger partial charge is 0.179 e. The average molecular weight is 297 g/mol. The SMILES string of the molecule is CCC(C)N(C)CCS(=O)(=O)c1cccc(C(=N)N)c1. The van der Waals surface area contributed by atoms with Crippen LogP contribution in [0.25, 0.3) is 0 Å². The molecule has 0 aliphatic rings. The van der Waals surface area contributed by atoms with E-state index in [1.54, 1.807) is 18.2 Å². The van der Waals surface area contributed by atoms with Gasteiger partial charge in [-0.25, -0.2) is 8.42 Å². The second kappa shape index (κ2) is 6.85. The van der Waals surface area contributed by atoms with E-state index in [2.05, 4.69) is 13.8 Å². The average Bonchev–Trinajstić information content (AvgIpc) is 2.44. The number of benzene rings is 1. The van der Waals surface area contributed by atoms with E-state index < -0.39 is 9.84 Å². The molecule has 0 radical (unpaired) electrons. The van der Waals surface area contributed by atoms with Crippen molar-refractivity contribution in [1.82, 2.24) is 4.90 Å². The molecule has 6 heteroatoms. The molecule has 0 heterocycles. The highest BCUT2D eigenvalue weighted by molar-refractivity contribution is 7.91. The lowest BCUT2D eigenvalue weighted by molar-refractivity contribution is 0.266. The first kappa shape index (κ1) is 16.7. The van der Waals surface area contributed by atoms with E-state index in [4.69, 9.17) is 11.1 Å². The number of sulfone groups is 1. The predicted molar refractivity (Wildman–Crippen MR) is 81.9 cm³/mol. The fourth-order valence-electron chi connectivity index (χ4n) is 1.77. The molecular weight excluding hydrogens is 274 g/mol. The highest BCUT2D eigenvalue weighted by Gasteiger charge is 2.17. The largest absolute Gasteiger partial charge is 0.384 e. The minimum absolute atomic E-state index is 0.0647. The summed E-state index contributed by atoms with van der Waals surface area (Å²) in [4.78, 5) is 2.26. The molecule has 20 heavy (non-hydrogen) atoms. The van der Waals surface area contributed by atoms with E-state index in [1.807, 2.05) is 11.9 Å². The maximum atomic E-state index is 12.3. The molecule has 1 unspecified atom stereocenters. The summed E-state index contributed by atoms with van der Waals surface area (Å²) in [6.45, 7) is 4.64. The van der Waals surface area contributed by atoms with Gasteiger partial charge in [-0.2, -0.15) is 0 Å². The van der Waals surface area contributed by atoms with Gasteiger partial charge < -0.3 is 10.6 Å². The van der Waals surface area contributed by atoms with Crippen molar-refractivity contribution in [1.29, 1.82) is 5.41 Å². The maximum Gasteiger partial charge on any atom is 0.179 e. The lowest BCUT2D eigenvalue weighted by Gasteiger charge is -2.23. The summed E-state index contributed by atoms with van der Waals surface area (Å²) in [6.07, 6.45) is 0.983. The molecular formula is C14H23N3O2S. The van der Waals surface area contributed by atoms with E-state index in [-0.39, 0.29) is 16.5 Å². The Morgan fingerprint density at radius 3 is 2.65 bits per heavy atom. The summed E-state index contributed by atoms with van der Waals surface area (Å²) in [5.41, 5.74) is 5.82. The fraction of sp³-hybridized carbons (Fsp3) is 0.500. The first-order chi connectivity index (χ1) is 9.27. The molecule has 0 aliphatic heterocycles. The van der Waals surface area contributed by atoms with Crippen molar-refractivity contribution in [3.63, 3.8) is 0 Å². The number of rotatable bonds is 7. The number of nitrogens with zero attached hydrogens (tertiary/aromatic N) is 1. The van der Waals surface area contributed by atoms with Crippen molar-refractivity contribution in [3.05, 3.63) is 29.8 Å². The minimum atomic E-state index is -3.35. The highest BCUT2D eigenvalue weighted by Crippen LogP contribution is 2.14. The standard InChI is InChI=1S/C14H23N3O2S/c1-4-11(2)17(3)8-9-20(18,19)13-7-5-6-12(10-13)14(15)16/h5-7,10-11H,4,8-9H2,1-3H3,(H3,15,16). The Balaban J connectivity index is 2.84. The van der Waals surface area contributed by atoms with Crippen LogP contribution in [0.4, 0.5) is 0 Å². The van der Waals surface area contributed by atoms with Crippen LogP contribution in [-0.4, -0.2) is 44.5 Å². The van der Waals surface area contributed by atoms with Crippen LogP contribution in [0.1, 0.15) is 25.8 Å². The molecule has 112 valence electrons. The number of amidine groups is 1. The highest BCUT2D eigenvalue weighted by atomic mass is 32.2. The summed E-state index contributed by atoms with van der Waals surface area (Å²) >= 11 is 0. The van der Waals surface area contributed by atoms with Gasteiger partial charge in [0.25, 0.3) is 0 Å². The maximum absolute atomic E-state index is 12.3. The Morgan fingerprint density at radius 2 is 2.10 bits per heavy atom. The van der Waals surface area contributed by atoms with Crippen LogP contribution in [0.5, 0.6) is 0 Å². The van der Waals surface area contributed by atoms with E-state index in [9.17, 15) is 8.42 Å². The fourth-order valence-corrected chi connectivity index (χ4v) is 3.13. The number of nitrogens with one attached hydrogen (secondary N) is 1. The van der Waals surface area contributed by atoms with Crippen molar-refractivity contribution in [2.45, 2.75) is 31.2 Å². The predicted octanol–water partition coefficient (Wildman–Crippen LogP) is 1.47. The second-order valence-electron chi connectivity index (χ2n) is 5.00. The molecule has 0 aliphatic carbocycles. The lowest BCUT2D eigenvalue weighted by Crippen LogP contribution is -2.33. The van der Waals surface area contributed by atoms with Gasteiger partial charge in [-0.1, -0.05) is 19.1 Å². The number of hydrogen-bond acceptors (Lipinski definition) is 4. The van der Waals surface area contributed by atoms with Gasteiger partial charge in [0, 0.05) is 18.2 Å². The zero-order valence-corrected chi connectivity index (χ0v) is 13.1. The summed E-state index contributed by atoms with van der Waals surface area (Å²) in [5.74, 6) is -0.0615. The van der Waals surface area contributed by atoms with E-state index in [1.165, 1.54) is 6.07 Å². The summed E-state index contributed by atoms with van der Waals surface area (Å²) in [7, 11) is -1.42. The molecule has 0 spiro atoms. The van der Waals surface area contributed by atoms with Gasteiger partial charge in [0.15, 0.2) is 9.84 Å². The van der Waals surface area contributed by atoms with Gasteiger partial charge >= 0.3 is 0 Å². The third-order valence-electron chi connectivity index (χ3n) is 3.56. The van der Waals surface area contributed by atoms with Crippen molar-refractivity contribution in [3.8, 4) is 0 Å². The number of nitrogen functional groups attached to an aromatic ring is 1. The van der Waals surface area contributed by atoms with Crippen molar-refractivity contribution < 1.29 is 8.42 Å². The molecule has 0 saturated carbocycles. The Morgan fingerprint density at radius 1 is 1.45 bits per heavy atom. The molecule has 0 bridgehead atoms. The van der Waals surface area contributed by atoms with Crippen LogP contribution in [-0.2, 0) is 9.84 Å². The van der Waals surface area contributed by atoms with Crippen molar-refractivity contribution >= 4 is 15.7 Å². The van der Waals surface area contributed by atoms with Crippen LogP contribution in [0, 0.1) is 5.41 Å². The van der Waals surface area contributed by atoms with Crippen molar-refractivity contribution in [2.75, 3.05) is 19.3 Å². The quantitative estimate of drug-likeness (QED) is 0.589. The van der Waals surface area contributed by atoms with E-state index in [0.29, 0.717) is 18.2 Å².